The zero-order chi connectivity index (χ0) is 19.3. The second kappa shape index (κ2) is 9.03. The maximum absolute atomic E-state index is 2.45. The van der Waals surface area contributed by atoms with Gasteiger partial charge in [0, 0.05) is 6.04 Å². The van der Waals surface area contributed by atoms with E-state index in [2.05, 4.69) is 110 Å². The smallest absolute Gasteiger partial charge is 0.0376 e. The average molecular weight is 388 g/mol. The van der Waals surface area contributed by atoms with Crippen molar-refractivity contribution in [2.45, 2.75) is 31.0 Å². The molecule has 0 amide bonds. The molecule has 3 atom stereocenters. The topological polar surface area (TPSA) is 3.24 Å². The van der Waals surface area contributed by atoms with Gasteiger partial charge in [-0.3, -0.25) is 0 Å². The van der Waals surface area contributed by atoms with Gasteiger partial charge in [-0.15, -0.1) is 0 Å². The van der Waals surface area contributed by atoms with Crippen molar-refractivity contribution in [1.29, 1.82) is 0 Å². The zero-order valence-corrected chi connectivity index (χ0v) is 17.8. The summed E-state index contributed by atoms with van der Waals surface area (Å²) in [5.74, 6) is 0.684. The van der Waals surface area contributed by atoms with Crippen LogP contribution in [0.5, 0.6) is 0 Å². The molecule has 0 saturated heterocycles. The Kier molecular flexibility index (Phi) is 6.25. The lowest BCUT2D eigenvalue weighted by molar-refractivity contribution is 0.217. The quantitative estimate of drug-likeness (QED) is 0.498. The lowest BCUT2D eigenvalue weighted by Gasteiger charge is -2.38. The first-order valence-corrected chi connectivity index (χ1v) is 11.8. The SMILES string of the molecule is CN(C)C(c1ccccc1)C1CCCC1P(c1ccccc1)c1ccccc1. The van der Waals surface area contributed by atoms with E-state index in [1.165, 1.54) is 35.4 Å². The van der Waals surface area contributed by atoms with Crippen LogP contribution in [0.15, 0.2) is 91.0 Å². The van der Waals surface area contributed by atoms with Gasteiger partial charge < -0.3 is 4.90 Å². The van der Waals surface area contributed by atoms with Gasteiger partial charge in [0.05, 0.1) is 0 Å². The van der Waals surface area contributed by atoms with Crippen molar-refractivity contribution in [3.63, 3.8) is 0 Å². The third kappa shape index (κ3) is 4.07. The van der Waals surface area contributed by atoms with Crippen LogP contribution in [0.4, 0.5) is 0 Å². The molecule has 0 heterocycles. The molecule has 4 rings (SSSR count). The zero-order valence-electron chi connectivity index (χ0n) is 16.9. The van der Waals surface area contributed by atoms with Gasteiger partial charge >= 0.3 is 0 Å². The normalized spacial score (nSPS) is 20.6. The Labute approximate surface area is 171 Å². The number of hydrogen-bond donors (Lipinski definition) is 0. The maximum atomic E-state index is 2.45. The van der Waals surface area contributed by atoms with Crippen molar-refractivity contribution in [2.24, 2.45) is 5.92 Å². The summed E-state index contributed by atoms with van der Waals surface area (Å²) in [6, 6.07) is 34.1. The van der Waals surface area contributed by atoms with Gasteiger partial charge in [0.15, 0.2) is 0 Å². The van der Waals surface area contributed by atoms with Crippen molar-refractivity contribution in [3.8, 4) is 0 Å². The second-order valence-electron chi connectivity index (χ2n) is 8.02. The van der Waals surface area contributed by atoms with E-state index < -0.39 is 0 Å². The molecule has 3 unspecified atom stereocenters. The van der Waals surface area contributed by atoms with E-state index in [0.29, 0.717) is 17.6 Å². The summed E-state index contributed by atoms with van der Waals surface area (Å²) in [6.07, 6.45) is 3.99. The van der Waals surface area contributed by atoms with Crippen LogP contribution in [0.25, 0.3) is 0 Å². The Hall–Kier alpha value is -1.95. The first-order valence-electron chi connectivity index (χ1n) is 10.4. The molecular weight excluding hydrogens is 357 g/mol. The third-order valence-corrected chi connectivity index (χ3v) is 9.05. The minimum Gasteiger partial charge on any atom is -0.302 e. The molecule has 1 saturated carbocycles. The standard InChI is InChI=1S/C26H30NP/c1-27(2)26(21-13-6-3-7-14-21)24-19-12-20-25(24)28(22-15-8-4-9-16-22)23-17-10-5-11-18-23/h3-11,13-18,24-26H,12,19-20H2,1-2H3. The minimum atomic E-state index is -0.366. The van der Waals surface area contributed by atoms with E-state index in [0.717, 1.165) is 0 Å². The lowest BCUT2D eigenvalue weighted by atomic mass is 9.90. The van der Waals surface area contributed by atoms with E-state index in [1.54, 1.807) is 0 Å². The molecule has 3 aromatic rings. The highest BCUT2D eigenvalue weighted by Crippen LogP contribution is 2.54. The van der Waals surface area contributed by atoms with E-state index in [9.17, 15) is 0 Å². The molecule has 1 nitrogen and oxygen atoms in total. The lowest BCUT2D eigenvalue weighted by Crippen LogP contribution is -2.34. The van der Waals surface area contributed by atoms with Crippen LogP contribution in [0.2, 0.25) is 0 Å². The molecule has 1 aliphatic rings. The first kappa shape index (κ1) is 19.4. The predicted octanol–water partition coefficient (Wildman–Crippen LogP) is 5.59. The molecule has 28 heavy (non-hydrogen) atoms. The fourth-order valence-electron chi connectivity index (χ4n) is 4.95. The van der Waals surface area contributed by atoms with Crippen LogP contribution in [-0.2, 0) is 0 Å². The van der Waals surface area contributed by atoms with Gasteiger partial charge in [0.2, 0.25) is 0 Å². The summed E-state index contributed by atoms with van der Waals surface area (Å²) in [6.45, 7) is 0. The monoisotopic (exact) mass is 387 g/mol. The van der Waals surface area contributed by atoms with Crippen molar-refractivity contribution in [2.75, 3.05) is 14.1 Å². The van der Waals surface area contributed by atoms with E-state index in [-0.39, 0.29) is 7.92 Å². The maximum Gasteiger partial charge on any atom is 0.0376 e. The predicted molar refractivity (Wildman–Crippen MR) is 123 cm³/mol. The fourth-order valence-corrected chi connectivity index (χ4v) is 8.13. The van der Waals surface area contributed by atoms with Gasteiger partial charge in [-0.2, -0.15) is 0 Å². The summed E-state index contributed by atoms with van der Waals surface area (Å²) >= 11 is 0. The molecule has 0 aromatic heterocycles. The summed E-state index contributed by atoms with van der Waals surface area (Å²) in [4.78, 5) is 2.45. The number of rotatable bonds is 6. The van der Waals surface area contributed by atoms with Gasteiger partial charge in [0.1, 0.15) is 0 Å². The molecule has 144 valence electrons. The molecule has 0 bridgehead atoms. The number of nitrogens with zero attached hydrogens (tertiary/aromatic N) is 1. The Morgan fingerprint density at radius 2 is 1.21 bits per heavy atom. The Bertz CT molecular complexity index is 808. The van der Waals surface area contributed by atoms with Crippen LogP contribution in [0.1, 0.15) is 30.9 Å². The molecule has 0 aliphatic heterocycles. The molecule has 0 radical (unpaired) electrons. The molecular formula is C26H30NP. The largest absolute Gasteiger partial charge is 0.302 e. The van der Waals surface area contributed by atoms with Crippen molar-refractivity contribution in [3.05, 3.63) is 96.6 Å². The fraction of sp³-hybridized carbons (Fsp3) is 0.308. The van der Waals surface area contributed by atoms with Crippen LogP contribution in [0, 0.1) is 5.92 Å². The van der Waals surface area contributed by atoms with Crippen LogP contribution < -0.4 is 10.6 Å². The Morgan fingerprint density at radius 3 is 1.71 bits per heavy atom. The van der Waals surface area contributed by atoms with Crippen LogP contribution >= 0.6 is 7.92 Å². The van der Waals surface area contributed by atoms with Crippen molar-refractivity contribution in [1.82, 2.24) is 4.90 Å². The highest BCUT2D eigenvalue weighted by atomic mass is 31.1. The molecule has 3 aromatic carbocycles. The average Bonchev–Trinajstić information content (AvgIpc) is 3.19. The van der Waals surface area contributed by atoms with Crippen molar-refractivity contribution >= 4 is 18.5 Å². The van der Waals surface area contributed by atoms with Crippen LogP contribution in [0.3, 0.4) is 0 Å². The van der Waals surface area contributed by atoms with E-state index >= 15 is 0 Å². The minimum absolute atomic E-state index is 0.366. The van der Waals surface area contributed by atoms with Crippen molar-refractivity contribution < 1.29 is 0 Å². The number of hydrogen-bond acceptors (Lipinski definition) is 1. The van der Waals surface area contributed by atoms with Gasteiger partial charge in [-0.1, -0.05) is 97.4 Å². The molecule has 1 aliphatic carbocycles. The Balaban J connectivity index is 1.75. The van der Waals surface area contributed by atoms with Crippen LogP contribution in [-0.4, -0.2) is 24.7 Å². The highest BCUT2D eigenvalue weighted by Gasteiger charge is 2.40. The summed E-state index contributed by atoms with van der Waals surface area (Å²) in [5.41, 5.74) is 2.17. The molecule has 1 fully saturated rings. The molecule has 0 spiro atoms. The molecule has 0 N–H and O–H groups in total. The first-order chi connectivity index (χ1) is 13.8. The summed E-state index contributed by atoms with van der Waals surface area (Å²) in [7, 11) is 4.14. The summed E-state index contributed by atoms with van der Waals surface area (Å²) in [5, 5.41) is 3.04. The van der Waals surface area contributed by atoms with E-state index in [1.807, 2.05) is 0 Å². The van der Waals surface area contributed by atoms with Gasteiger partial charge in [-0.25, -0.2) is 0 Å². The summed E-state index contributed by atoms with van der Waals surface area (Å²) < 4.78 is 0. The Morgan fingerprint density at radius 1 is 0.714 bits per heavy atom. The van der Waals surface area contributed by atoms with Gasteiger partial charge in [0.25, 0.3) is 0 Å². The van der Waals surface area contributed by atoms with Gasteiger partial charge in [-0.05, 0) is 62.6 Å². The van der Waals surface area contributed by atoms with E-state index in [4.69, 9.17) is 0 Å². The highest BCUT2D eigenvalue weighted by molar-refractivity contribution is 7.73. The second-order valence-corrected chi connectivity index (χ2v) is 10.5. The number of benzene rings is 3. The molecule has 2 heteroatoms. The third-order valence-electron chi connectivity index (χ3n) is 6.03.